The molecule has 0 N–H and O–H groups in total. The fraction of sp³-hybridized carbons (Fsp3) is 0.474. The van der Waals surface area contributed by atoms with Crippen LogP contribution in [0.25, 0.3) is 0 Å². The van der Waals surface area contributed by atoms with Crippen LogP contribution in [0.4, 0.5) is 11.5 Å². The van der Waals surface area contributed by atoms with Gasteiger partial charge >= 0.3 is 0 Å². The van der Waals surface area contributed by atoms with Crippen LogP contribution < -0.4 is 9.80 Å². The molecule has 0 bridgehead atoms. The van der Waals surface area contributed by atoms with Crippen molar-refractivity contribution in [2.24, 2.45) is 0 Å². The molecule has 2 aromatic rings. The van der Waals surface area contributed by atoms with Gasteiger partial charge < -0.3 is 9.80 Å². The summed E-state index contributed by atoms with van der Waals surface area (Å²) < 4.78 is 0. The van der Waals surface area contributed by atoms with Crippen LogP contribution in [-0.2, 0) is 0 Å². The van der Waals surface area contributed by atoms with Crippen LogP contribution in [0.2, 0.25) is 0 Å². The van der Waals surface area contributed by atoms with Crippen molar-refractivity contribution >= 4 is 11.5 Å². The molecule has 4 nitrogen and oxygen atoms in total. The number of hydrogen-bond acceptors (Lipinski definition) is 4. The van der Waals surface area contributed by atoms with Crippen LogP contribution in [0.3, 0.4) is 0 Å². The fourth-order valence-electron chi connectivity index (χ4n) is 3.18. The van der Waals surface area contributed by atoms with E-state index in [0.29, 0.717) is 12.0 Å². The van der Waals surface area contributed by atoms with E-state index >= 15 is 0 Å². The molecule has 1 aromatic carbocycles. The van der Waals surface area contributed by atoms with Crippen LogP contribution >= 0.6 is 0 Å². The zero-order valence-corrected chi connectivity index (χ0v) is 14.3. The average Bonchev–Trinajstić information content (AvgIpc) is 2.62. The standard InChI is InChI=1S/C19H26N4/c1-4-16-14-22(17-8-6-5-7-9-17)12-13-23(16)18-10-11-20-19(21-18)15(2)3/h5-11,15-16H,4,12-14H2,1-3H3/t16-/m1/s1. The van der Waals surface area contributed by atoms with Gasteiger partial charge in [0.25, 0.3) is 0 Å². The van der Waals surface area contributed by atoms with E-state index in [1.54, 1.807) is 0 Å². The lowest BCUT2D eigenvalue weighted by molar-refractivity contribution is 0.503. The van der Waals surface area contributed by atoms with Crippen molar-refractivity contribution in [3.8, 4) is 0 Å². The predicted octanol–water partition coefficient (Wildman–Crippen LogP) is 3.71. The van der Waals surface area contributed by atoms with E-state index in [0.717, 1.165) is 37.7 Å². The Hall–Kier alpha value is -2.10. The summed E-state index contributed by atoms with van der Waals surface area (Å²) in [6.45, 7) is 9.62. The summed E-state index contributed by atoms with van der Waals surface area (Å²) in [5.74, 6) is 2.37. The monoisotopic (exact) mass is 310 g/mol. The highest BCUT2D eigenvalue weighted by molar-refractivity contribution is 5.50. The summed E-state index contributed by atoms with van der Waals surface area (Å²) in [4.78, 5) is 14.1. The van der Waals surface area contributed by atoms with E-state index in [9.17, 15) is 0 Å². The highest BCUT2D eigenvalue weighted by Gasteiger charge is 2.27. The van der Waals surface area contributed by atoms with Crippen LogP contribution in [0.15, 0.2) is 42.6 Å². The maximum absolute atomic E-state index is 4.79. The zero-order chi connectivity index (χ0) is 16.2. The minimum absolute atomic E-state index is 0.362. The van der Waals surface area contributed by atoms with E-state index in [1.807, 2.05) is 12.3 Å². The van der Waals surface area contributed by atoms with Crippen LogP contribution in [-0.4, -0.2) is 35.6 Å². The van der Waals surface area contributed by atoms with E-state index in [4.69, 9.17) is 4.98 Å². The molecule has 122 valence electrons. The molecule has 1 atom stereocenters. The van der Waals surface area contributed by atoms with Crippen LogP contribution in [0.5, 0.6) is 0 Å². The Morgan fingerprint density at radius 2 is 1.91 bits per heavy atom. The lowest BCUT2D eigenvalue weighted by Gasteiger charge is -2.43. The van der Waals surface area contributed by atoms with Gasteiger partial charge in [0.05, 0.1) is 0 Å². The largest absolute Gasteiger partial charge is 0.368 e. The molecule has 4 heteroatoms. The Kier molecular flexibility index (Phi) is 4.79. The molecule has 0 amide bonds. The summed E-state index contributed by atoms with van der Waals surface area (Å²) in [6, 6.07) is 13.2. The molecule has 0 unspecified atom stereocenters. The first-order valence-corrected chi connectivity index (χ1v) is 8.58. The minimum Gasteiger partial charge on any atom is -0.368 e. The lowest BCUT2D eigenvalue weighted by atomic mass is 10.1. The number of benzene rings is 1. The quantitative estimate of drug-likeness (QED) is 0.862. The Morgan fingerprint density at radius 1 is 1.13 bits per heavy atom. The highest BCUT2D eigenvalue weighted by atomic mass is 15.3. The molecule has 0 saturated carbocycles. The maximum Gasteiger partial charge on any atom is 0.133 e. The third kappa shape index (κ3) is 3.46. The smallest absolute Gasteiger partial charge is 0.133 e. The van der Waals surface area contributed by atoms with Gasteiger partial charge in [-0.2, -0.15) is 0 Å². The second-order valence-electron chi connectivity index (χ2n) is 6.46. The third-order valence-corrected chi connectivity index (χ3v) is 4.55. The summed E-state index contributed by atoms with van der Waals surface area (Å²) in [5.41, 5.74) is 1.32. The van der Waals surface area contributed by atoms with Gasteiger partial charge in [0.15, 0.2) is 0 Å². The van der Waals surface area contributed by atoms with Gasteiger partial charge in [-0.1, -0.05) is 39.0 Å². The maximum atomic E-state index is 4.79. The third-order valence-electron chi connectivity index (χ3n) is 4.55. The Labute approximate surface area is 139 Å². The average molecular weight is 310 g/mol. The number of para-hydroxylation sites is 1. The fourth-order valence-corrected chi connectivity index (χ4v) is 3.18. The molecule has 2 heterocycles. The second-order valence-corrected chi connectivity index (χ2v) is 6.46. The molecular weight excluding hydrogens is 284 g/mol. The van der Waals surface area contributed by atoms with Gasteiger partial charge in [-0.15, -0.1) is 0 Å². The first-order valence-electron chi connectivity index (χ1n) is 8.58. The Balaban J connectivity index is 1.79. The molecule has 1 aliphatic heterocycles. The lowest BCUT2D eigenvalue weighted by Crippen LogP contribution is -2.53. The van der Waals surface area contributed by atoms with Crippen molar-refractivity contribution in [3.63, 3.8) is 0 Å². The van der Waals surface area contributed by atoms with Crippen molar-refractivity contribution in [2.45, 2.75) is 39.2 Å². The summed E-state index contributed by atoms with van der Waals surface area (Å²) in [5, 5.41) is 0. The molecule has 23 heavy (non-hydrogen) atoms. The summed E-state index contributed by atoms with van der Waals surface area (Å²) in [6.07, 6.45) is 3.01. The van der Waals surface area contributed by atoms with Crippen molar-refractivity contribution in [2.75, 3.05) is 29.4 Å². The van der Waals surface area contributed by atoms with Crippen LogP contribution in [0.1, 0.15) is 38.9 Å². The molecule has 0 aliphatic carbocycles. The molecule has 0 spiro atoms. The summed E-state index contributed by atoms with van der Waals surface area (Å²) in [7, 11) is 0. The zero-order valence-electron chi connectivity index (χ0n) is 14.3. The Morgan fingerprint density at radius 3 is 2.61 bits per heavy atom. The SMILES string of the molecule is CC[C@@H]1CN(c2ccccc2)CCN1c1ccnc(C(C)C)n1. The molecule has 1 fully saturated rings. The number of anilines is 2. The van der Waals surface area contributed by atoms with E-state index in [2.05, 4.69) is 65.9 Å². The van der Waals surface area contributed by atoms with Crippen molar-refractivity contribution < 1.29 is 0 Å². The number of piperazine rings is 1. The first kappa shape index (κ1) is 15.8. The van der Waals surface area contributed by atoms with Gasteiger partial charge in [-0.05, 0) is 24.6 Å². The van der Waals surface area contributed by atoms with E-state index < -0.39 is 0 Å². The van der Waals surface area contributed by atoms with E-state index in [-0.39, 0.29) is 0 Å². The number of aromatic nitrogens is 2. The molecule has 0 radical (unpaired) electrons. The predicted molar refractivity (Wildman–Crippen MR) is 96.2 cm³/mol. The van der Waals surface area contributed by atoms with E-state index in [1.165, 1.54) is 5.69 Å². The topological polar surface area (TPSA) is 32.3 Å². The number of nitrogens with zero attached hydrogens (tertiary/aromatic N) is 4. The minimum atomic E-state index is 0.362. The molecule has 3 rings (SSSR count). The van der Waals surface area contributed by atoms with Gasteiger partial charge in [0.2, 0.25) is 0 Å². The second kappa shape index (κ2) is 6.99. The Bertz CT molecular complexity index is 626. The molecule has 1 aromatic heterocycles. The van der Waals surface area contributed by atoms with Gasteiger partial charge in [-0.3, -0.25) is 0 Å². The highest BCUT2D eigenvalue weighted by Crippen LogP contribution is 2.24. The van der Waals surface area contributed by atoms with Gasteiger partial charge in [-0.25, -0.2) is 9.97 Å². The summed E-state index contributed by atoms with van der Waals surface area (Å²) >= 11 is 0. The molecular formula is C19H26N4. The van der Waals surface area contributed by atoms with Crippen molar-refractivity contribution in [3.05, 3.63) is 48.4 Å². The first-order chi connectivity index (χ1) is 11.2. The normalized spacial score (nSPS) is 18.5. The van der Waals surface area contributed by atoms with Crippen LogP contribution in [0, 0.1) is 0 Å². The number of rotatable bonds is 4. The van der Waals surface area contributed by atoms with Gasteiger partial charge in [0.1, 0.15) is 11.6 Å². The molecule has 1 aliphatic rings. The number of hydrogen-bond donors (Lipinski definition) is 0. The van der Waals surface area contributed by atoms with Gasteiger partial charge in [0, 0.05) is 43.5 Å². The van der Waals surface area contributed by atoms with Crippen molar-refractivity contribution in [1.82, 2.24) is 9.97 Å². The van der Waals surface area contributed by atoms with Crippen molar-refractivity contribution in [1.29, 1.82) is 0 Å². The molecule has 1 saturated heterocycles.